The zero-order valence-corrected chi connectivity index (χ0v) is 29.3. The van der Waals surface area contributed by atoms with Gasteiger partial charge in [-0.05, 0) is 87.6 Å². The summed E-state index contributed by atoms with van der Waals surface area (Å²) in [5.74, 6) is 0.312. The second-order valence-electron chi connectivity index (χ2n) is 13.4. The van der Waals surface area contributed by atoms with Gasteiger partial charge in [-0.3, -0.25) is 4.79 Å². The number of amides is 1. The largest absolute Gasteiger partial charge is 0.490 e. The molecule has 0 saturated heterocycles. The van der Waals surface area contributed by atoms with Gasteiger partial charge in [-0.15, -0.1) is 0 Å². The highest BCUT2D eigenvalue weighted by Gasteiger charge is 2.42. The van der Waals surface area contributed by atoms with Crippen molar-refractivity contribution in [1.82, 2.24) is 4.72 Å². The molecular formula is C37H52N2O7S. The first-order chi connectivity index (χ1) is 22.7. The number of hydrogen-bond acceptors (Lipinski definition) is 8. The van der Waals surface area contributed by atoms with Gasteiger partial charge in [-0.2, -0.15) is 0 Å². The van der Waals surface area contributed by atoms with Gasteiger partial charge in [0.05, 0.1) is 50.1 Å². The second-order valence-corrected chi connectivity index (χ2v) is 15.5. The number of aryl methyl sites for hydroxylation is 2. The minimum Gasteiger partial charge on any atom is -0.490 e. The van der Waals surface area contributed by atoms with Gasteiger partial charge in [0.2, 0.25) is 10.0 Å². The maximum absolute atomic E-state index is 13.4. The number of methoxy groups -OCH3 is 1. The number of hydrogen-bond donors (Lipinski definition) is 1. The monoisotopic (exact) mass is 668 g/mol. The molecule has 0 radical (unpaired) electrons. The highest BCUT2D eigenvalue weighted by Crippen LogP contribution is 2.44. The Morgan fingerprint density at radius 3 is 2.72 bits per heavy atom. The van der Waals surface area contributed by atoms with Crippen molar-refractivity contribution in [3.63, 3.8) is 0 Å². The molecule has 1 spiro atoms. The lowest BCUT2D eigenvalue weighted by Crippen LogP contribution is -2.46. The van der Waals surface area contributed by atoms with E-state index in [0.29, 0.717) is 57.2 Å². The van der Waals surface area contributed by atoms with Crippen LogP contribution in [-0.4, -0.2) is 78.9 Å². The Morgan fingerprint density at radius 2 is 1.91 bits per heavy atom. The Balaban J connectivity index is 1.49. The minimum atomic E-state index is -3.88. The number of ether oxygens (including phenoxy) is 4. The summed E-state index contributed by atoms with van der Waals surface area (Å²) in [6.45, 7) is 9.97. The summed E-state index contributed by atoms with van der Waals surface area (Å²) >= 11 is 0. The molecule has 47 heavy (non-hydrogen) atoms. The summed E-state index contributed by atoms with van der Waals surface area (Å²) in [5, 5.41) is -0.741. The van der Waals surface area contributed by atoms with E-state index in [-0.39, 0.29) is 17.4 Å². The number of fused-ring (bicyclic) bond motifs is 3. The van der Waals surface area contributed by atoms with E-state index in [1.165, 1.54) is 16.7 Å². The second kappa shape index (κ2) is 16.0. The van der Waals surface area contributed by atoms with Crippen LogP contribution in [0, 0.1) is 12.8 Å². The van der Waals surface area contributed by atoms with Crippen LogP contribution in [0.15, 0.2) is 48.6 Å². The van der Waals surface area contributed by atoms with Crippen LogP contribution in [0.2, 0.25) is 0 Å². The highest BCUT2D eigenvalue weighted by atomic mass is 32.2. The molecule has 2 bridgehead atoms. The average molecular weight is 669 g/mol. The first kappa shape index (κ1) is 35.4. The zero-order chi connectivity index (χ0) is 33.4. The molecule has 10 heteroatoms. The molecular weight excluding hydrogens is 616 g/mol. The van der Waals surface area contributed by atoms with E-state index in [1.807, 2.05) is 12.1 Å². The SMILES string of the molecule is CC[C@@H]1CCN2C[C@@]3(CCCc4cc(C)ccc43)COc3ccc(cc32)C(=O)NS(=O)(=O)[C@H](C)CC/C=C/[C@@H]1OCCOCCOC. The average Bonchev–Trinajstić information content (AvgIpc) is 3.20. The van der Waals surface area contributed by atoms with E-state index in [4.69, 9.17) is 18.9 Å². The van der Waals surface area contributed by atoms with Crippen molar-refractivity contribution >= 4 is 21.6 Å². The van der Waals surface area contributed by atoms with Gasteiger partial charge in [0.15, 0.2) is 0 Å². The van der Waals surface area contributed by atoms with Crippen LogP contribution in [0.4, 0.5) is 5.69 Å². The molecule has 0 aromatic heterocycles. The third-order valence-electron chi connectivity index (χ3n) is 10.1. The summed E-state index contributed by atoms with van der Waals surface area (Å²) in [6.07, 6.45) is 9.84. The van der Waals surface area contributed by atoms with Gasteiger partial charge >= 0.3 is 0 Å². The van der Waals surface area contributed by atoms with Gasteiger partial charge in [0, 0.05) is 31.2 Å². The lowest BCUT2D eigenvalue weighted by molar-refractivity contribution is -0.0110. The first-order valence-corrected chi connectivity index (χ1v) is 18.7. The molecule has 2 aromatic carbocycles. The van der Waals surface area contributed by atoms with Crippen molar-refractivity contribution in [3.8, 4) is 5.75 Å². The molecule has 4 atom stereocenters. The predicted molar refractivity (Wildman–Crippen MR) is 185 cm³/mol. The van der Waals surface area contributed by atoms with Crippen LogP contribution in [0.3, 0.4) is 0 Å². The van der Waals surface area contributed by atoms with E-state index in [1.54, 1.807) is 26.2 Å². The predicted octanol–water partition coefficient (Wildman–Crippen LogP) is 5.73. The Labute approximate surface area is 281 Å². The Morgan fingerprint density at radius 1 is 1.09 bits per heavy atom. The zero-order valence-electron chi connectivity index (χ0n) is 28.5. The Kier molecular flexibility index (Phi) is 12.0. The maximum atomic E-state index is 13.4. The molecule has 0 fully saturated rings. The van der Waals surface area contributed by atoms with Gasteiger partial charge in [0.25, 0.3) is 5.91 Å². The van der Waals surface area contributed by atoms with Crippen molar-refractivity contribution < 1.29 is 32.2 Å². The number of rotatable bonds is 8. The number of carbonyl (C=O) groups excluding carboxylic acids is 1. The maximum Gasteiger partial charge on any atom is 0.264 e. The third kappa shape index (κ3) is 8.57. The Bertz CT molecular complexity index is 1510. The molecule has 258 valence electrons. The molecule has 0 unspecified atom stereocenters. The van der Waals surface area contributed by atoms with Crippen molar-refractivity contribution in [2.24, 2.45) is 5.92 Å². The first-order valence-electron chi connectivity index (χ1n) is 17.2. The van der Waals surface area contributed by atoms with Crippen molar-refractivity contribution in [3.05, 3.63) is 70.8 Å². The van der Waals surface area contributed by atoms with Gasteiger partial charge < -0.3 is 23.8 Å². The summed E-state index contributed by atoms with van der Waals surface area (Å²) in [4.78, 5) is 15.7. The number of carbonyl (C=O) groups is 1. The fraction of sp³-hybridized carbons (Fsp3) is 0.595. The van der Waals surface area contributed by atoms with Crippen molar-refractivity contribution in [2.75, 3.05) is 58.1 Å². The van der Waals surface area contributed by atoms with E-state index >= 15 is 0 Å². The van der Waals surface area contributed by atoms with Crippen LogP contribution in [0.25, 0.3) is 0 Å². The fourth-order valence-electron chi connectivity index (χ4n) is 7.22. The lowest BCUT2D eigenvalue weighted by atomic mass is 9.69. The molecule has 5 rings (SSSR count). The number of anilines is 1. The van der Waals surface area contributed by atoms with E-state index in [2.05, 4.69) is 47.7 Å². The summed E-state index contributed by atoms with van der Waals surface area (Å²) in [7, 11) is -2.22. The standard InChI is InChI=1S/C37H52N2O7S/c1-5-29-16-18-39-25-37(17-8-10-30-23-27(2)12-14-32(30)37)26-46-35-15-13-31(24-33(35)39)36(40)38-47(41,42)28(3)9-6-7-11-34(29)45-22-21-44-20-19-43-4/h7,11-15,23-24,28-29,34H,5-6,8-10,16-22,25-26H2,1-4H3,(H,38,40)/b11-7+/t28-,29-,34+,37+/m1/s1. The van der Waals surface area contributed by atoms with Crippen LogP contribution in [-0.2, 0) is 36.1 Å². The fourth-order valence-corrected chi connectivity index (χ4v) is 8.24. The smallest absolute Gasteiger partial charge is 0.264 e. The number of benzene rings is 2. The van der Waals surface area contributed by atoms with E-state index < -0.39 is 21.2 Å². The molecule has 2 aliphatic heterocycles. The summed E-state index contributed by atoms with van der Waals surface area (Å²) in [5.41, 5.74) is 4.91. The Hall–Kier alpha value is -2.92. The van der Waals surface area contributed by atoms with Crippen LogP contribution < -0.4 is 14.4 Å². The molecule has 2 aromatic rings. The van der Waals surface area contributed by atoms with Gasteiger partial charge in [-0.1, -0.05) is 49.3 Å². The van der Waals surface area contributed by atoms with Crippen LogP contribution >= 0.6 is 0 Å². The van der Waals surface area contributed by atoms with E-state index in [9.17, 15) is 13.2 Å². The normalized spacial score (nSPS) is 26.9. The van der Waals surface area contributed by atoms with Crippen molar-refractivity contribution in [2.45, 2.75) is 82.5 Å². The number of nitrogens with zero attached hydrogens (tertiary/aromatic N) is 1. The van der Waals surface area contributed by atoms with Gasteiger partial charge in [0.1, 0.15) is 5.75 Å². The molecule has 1 aliphatic carbocycles. The number of nitrogens with one attached hydrogen (secondary N) is 1. The molecule has 3 aliphatic rings. The minimum absolute atomic E-state index is 0.146. The van der Waals surface area contributed by atoms with Crippen molar-refractivity contribution in [1.29, 1.82) is 0 Å². The molecule has 1 amide bonds. The molecule has 0 saturated carbocycles. The molecule has 2 heterocycles. The lowest BCUT2D eigenvalue weighted by Gasteiger charge is -2.41. The number of sulfonamides is 1. The van der Waals surface area contributed by atoms with Crippen LogP contribution in [0.5, 0.6) is 5.75 Å². The molecule has 9 nitrogen and oxygen atoms in total. The summed E-state index contributed by atoms with van der Waals surface area (Å²) < 4.78 is 52.5. The molecule has 1 N–H and O–H groups in total. The third-order valence-corrected chi connectivity index (χ3v) is 11.8. The quantitative estimate of drug-likeness (QED) is 0.281. The topological polar surface area (TPSA) is 103 Å². The highest BCUT2D eigenvalue weighted by molar-refractivity contribution is 7.90. The number of allylic oxidation sites excluding steroid dienone is 1. The van der Waals surface area contributed by atoms with Gasteiger partial charge in [-0.25, -0.2) is 13.1 Å². The van der Waals surface area contributed by atoms with E-state index in [0.717, 1.165) is 50.9 Å². The summed E-state index contributed by atoms with van der Waals surface area (Å²) in [6, 6.07) is 12.1. The van der Waals surface area contributed by atoms with Crippen LogP contribution in [0.1, 0.15) is 79.4 Å².